The molecule has 0 spiro atoms. The lowest BCUT2D eigenvalue weighted by Crippen LogP contribution is -2.53. The zero-order chi connectivity index (χ0) is 18.9. The lowest BCUT2D eigenvalue weighted by Gasteiger charge is -2.52. The first-order valence-electron chi connectivity index (χ1n) is 8.82. The summed E-state index contributed by atoms with van der Waals surface area (Å²) >= 11 is 0. The summed E-state index contributed by atoms with van der Waals surface area (Å²) in [5.74, 6) is -1.64. The molecule has 5 heteroatoms. The van der Waals surface area contributed by atoms with Gasteiger partial charge < -0.3 is 15.3 Å². The number of fused-ring (bicyclic) bond motifs is 3. The molecule has 0 radical (unpaired) electrons. The fraction of sp³-hybridized carbons (Fsp3) is 0.600. The van der Waals surface area contributed by atoms with Crippen LogP contribution in [-0.2, 0) is 10.2 Å². The van der Waals surface area contributed by atoms with Crippen LogP contribution in [0.3, 0.4) is 0 Å². The molecule has 25 heavy (non-hydrogen) atoms. The van der Waals surface area contributed by atoms with E-state index in [4.69, 9.17) is 0 Å². The van der Waals surface area contributed by atoms with E-state index in [1.165, 1.54) is 0 Å². The number of carbonyl (C=O) groups is 2. The molecule has 2 aliphatic carbocycles. The standard InChI is InChI=1S/C20H26O5/c1-9(2)13-16(23)14-10(21)8-11-19(3,4)12(22)6-7-20(11,5)15(14)18(25)17(13)24/h9,11,23-25H,6-8H2,1-5H3/t11-,20-/m0/s1. The van der Waals surface area contributed by atoms with Gasteiger partial charge >= 0.3 is 0 Å². The molecule has 1 saturated carbocycles. The van der Waals surface area contributed by atoms with Gasteiger partial charge in [0, 0.05) is 34.8 Å². The summed E-state index contributed by atoms with van der Waals surface area (Å²) < 4.78 is 0. The number of Topliss-reactive ketones (excluding diaryl/α,β-unsaturated/α-hetero) is 2. The van der Waals surface area contributed by atoms with E-state index < -0.39 is 10.8 Å². The van der Waals surface area contributed by atoms with Crippen molar-refractivity contribution in [3.63, 3.8) is 0 Å². The molecule has 5 nitrogen and oxygen atoms in total. The molecule has 1 aromatic rings. The highest BCUT2D eigenvalue weighted by atomic mass is 16.3. The Morgan fingerprint density at radius 2 is 1.60 bits per heavy atom. The smallest absolute Gasteiger partial charge is 0.167 e. The Hall–Kier alpha value is -2.04. The highest BCUT2D eigenvalue weighted by Gasteiger charge is 2.57. The Bertz CT molecular complexity index is 790. The monoisotopic (exact) mass is 346 g/mol. The van der Waals surface area contributed by atoms with Gasteiger partial charge in [0.25, 0.3) is 0 Å². The van der Waals surface area contributed by atoms with Crippen molar-refractivity contribution in [2.24, 2.45) is 11.3 Å². The molecule has 1 aromatic carbocycles. The molecular formula is C20H26O5. The summed E-state index contributed by atoms with van der Waals surface area (Å²) in [7, 11) is 0. The van der Waals surface area contributed by atoms with E-state index in [1.54, 1.807) is 13.8 Å². The molecule has 0 aromatic heterocycles. The van der Waals surface area contributed by atoms with Crippen LogP contribution in [0.1, 0.15) is 81.3 Å². The first kappa shape index (κ1) is 17.8. The third-order valence-corrected chi connectivity index (χ3v) is 6.51. The van der Waals surface area contributed by atoms with Gasteiger partial charge in [0.1, 0.15) is 11.5 Å². The molecule has 2 aliphatic rings. The van der Waals surface area contributed by atoms with E-state index in [2.05, 4.69) is 0 Å². The van der Waals surface area contributed by atoms with Crippen molar-refractivity contribution < 1.29 is 24.9 Å². The van der Waals surface area contributed by atoms with Gasteiger partial charge in [-0.2, -0.15) is 0 Å². The van der Waals surface area contributed by atoms with Crippen LogP contribution >= 0.6 is 0 Å². The normalized spacial score (nSPS) is 28.0. The van der Waals surface area contributed by atoms with Gasteiger partial charge in [0.15, 0.2) is 17.3 Å². The van der Waals surface area contributed by atoms with E-state index in [9.17, 15) is 24.9 Å². The average molecular weight is 346 g/mol. The van der Waals surface area contributed by atoms with Crippen LogP contribution in [0, 0.1) is 11.3 Å². The topological polar surface area (TPSA) is 94.8 Å². The average Bonchev–Trinajstić information content (AvgIpc) is 2.50. The van der Waals surface area contributed by atoms with Crippen molar-refractivity contribution in [3.8, 4) is 17.2 Å². The fourth-order valence-corrected chi connectivity index (χ4v) is 5.03. The molecule has 0 bridgehead atoms. The Balaban J connectivity index is 2.36. The van der Waals surface area contributed by atoms with Crippen LogP contribution < -0.4 is 0 Å². The third-order valence-electron chi connectivity index (χ3n) is 6.51. The zero-order valence-corrected chi connectivity index (χ0v) is 15.4. The predicted octanol–water partition coefficient (Wildman–Crippen LogP) is 3.78. The maximum absolute atomic E-state index is 12.9. The summed E-state index contributed by atoms with van der Waals surface area (Å²) in [6.45, 7) is 9.16. The summed E-state index contributed by atoms with van der Waals surface area (Å²) in [5, 5.41) is 32.0. The van der Waals surface area contributed by atoms with Crippen LogP contribution in [0.25, 0.3) is 0 Å². The molecule has 0 heterocycles. The van der Waals surface area contributed by atoms with Gasteiger partial charge in [0.2, 0.25) is 0 Å². The van der Waals surface area contributed by atoms with Crippen molar-refractivity contribution in [3.05, 3.63) is 16.7 Å². The molecule has 1 fully saturated rings. The summed E-state index contributed by atoms with van der Waals surface area (Å²) in [5.41, 5.74) is -0.751. The van der Waals surface area contributed by atoms with E-state index in [0.29, 0.717) is 18.4 Å². The third kappa shape index (κ3) is 2.14. The van der Waals surface area contributed by atoms with E-state index in [1.807, 2.05) is 20.8 Å². The Morgan fingerprint density at radius 1 is 1.00 bits per heavy atom. The van der Waals surface area contributed by atoms with Crippen molar-refractivity contribution >= 4 is 11.6 Å². The molecule has 3 rings (SSSR count). The number of ketones is 2. The van der Waals surface area contributed by atoms with Crippen molar-refractivity contribution in [1.29, 1.82) is 0 Å². The minimum absolute atomic E-state index is 0.109. The number of benzene rings is 1. The maximum Gasteiger partial charge on any atom is 0.167 e. The van der Waals surface area contributed by atoms with Crippen LogP contribution in [0.4, 0.5) is 0 Å². The van der Waals surface area contributed by atoms with Gasteiger partial charge in [-0.1, -0.05) is 34.6 Å². The number of hydrogen-bond acceptors (Lipinski definition) is 5. The van der Waals surface area contributed by atoms with Gasteiger partial charge in [-0.3, -0.25) is 9.59 Å². The Morgan fingerprint density at radius 3 is 2.16 bits per heavy atom. The highest BCUT2D eigenvalue weighted by Crippen LogP contribution is 2.61. The fourth-order valence-electron chi connectivity index (χ4n) is 5.03. The molecule has 0 amide bonds. The van der Waals surface area contributed by atoms with Crippen molar-refractivity contribution in [1.82, 2.24) is 0 Å². The largest absolute Gasteiger partial charge is 0.507 e. The number of phenols is 3. The second-order valence-electron chi connectivity index (χ2n) is 8.61. The van der Waals surface area contributed by atoms with Gasteiger partial charge in [-0.05, 0) is 18.3 Å². The zero-order valence-electron chi connectivity index (χ0n) is 15.4. The quantitative estimate of drug-likeness (QED) is 0.531. The minimum atomic E-state index is -0.700. The van der Waals surface area contributed by atoms with Gasteiger partial charge in [-0.15, -0.1) is 0 Å². The van der Waals surface area contributed by atoms with Gasteiger partial charge in [-0.25, -0.2) is 0 Å². The molecular weight excluding hydrogens is 320 g/mol. The lowest BCUT2D eigenvalue weighted by atomic mass is 9.49. The van der Waals surface area contributed by atoms with Crippen LogP contribution in [0.5, 0.6) is 17.2 Å². The molecule has 0 saturated heterocycles. The Kier molecular flexibility index (Phi) is 3.72. The molecule has 0 unspecified atom stereocenters. The van der Waals surface area contributed by atoms with Crippen molar-refractivity contribution in [2.45, 2.75) is 65.2 Å². The summed E-state index contributed by atoms with van der Waals surface area (Å²) in [4.78, 5) is 25.3. The minimum Gasteiger partial charge on any atom is -0.507 e. The lowest BCUT2D eigenvalue weighted by molar-refractivity contribution is -0.136. The van der Waals surface area contributed by atoms with Crippen LogP contribution in [0.2, 0.25) is 0 Å². The molecule has 2 atom stereocenters. The summed E-state index contributed by atoms with van der Waals surface area (Å²) in [6.07, 6.45) is 0.978. The molecule has 136 valence electrons. The number of aromatic hydroxyl groups is 3. The molecule has 3 N–H and O–H groups in total. The van der Waals surface area contributed by atoms with Crippen LogP contribution in [-0.4, -0.2) is 26.9 Å². The summed E-state index contributed by atoms with van der Waals surface area (Å²) in [6, 6.07) is 0. The van der Waals surface area contributed by atoms with Gasteiger partial charge in [0.05, 0.1) is 5.56 Å². The highest BCUT2D eigenvalue weighted by molar-refractivity contribution is 6.04. The number of phenolic OH excluding ortho intramolecular Hbond substituents is 3. The first-order chi connectivity index (χ1) is 11.4. The second-order valence-corrected chi connectivity index (χ2v) is 8.61. The van der Waals surface area contributed by atoms with E-state index in [0.717, 1.165) is 0 Å². The molecule has 0 aliphatic heterocycles. The number of carbonyl (C=O) groups excluding carboxylic acids is 2. The van der Waals surface area contributed by atoms with Crippen molar-refractivity contribution in [2.75, 3.05) is 0 Å². The maximum atomic E-state index is 12.9. The van der Waals surface area contributed by atoms with Crippen LogP contribution in [0.15, 0.2) is 0 Å². The van der Waals surface area contributed by atoms with E-state index in [-0.39, 0.29) is 58.2 Å². The first-order valence-corrected chi connectivity index (χ1v) is 8.82. The number of hydrogen-bond donors (Lipinski definition) is 3. The number of rotatable bonds is 1. The predicted molar refractivity (Wildman–Crippen MR) is 93.3 cm³/mol. The Labute approximate surface area is 147 Å². The SMILES string of the molecule is CC(C)c1c(O)c(O)c2c(c1O)C(=O)C[C@H]1C(C)(C)C(=O)CC[C@]21C. The van der Waals surface area contributed by atoms with E-state index >= 15 is 0 Å². The second kappa shape index (κ2) is 5.23.